The van der Waals surface area contributed by atoms with Crippen LogP contribution in [0.1, 0.15) is 31.3 Å². The first-order chi connectivity index (χ1) is 8.45. The van der Waals surface area contributed by atoms with Gasteiger partial charge in [0.05, 0.1) is 11.4 Å². The van der Waals surface area contributed by atoms with Gasteiger partial charge in [0.2, 0.25) is 0 Å². The third-order valence-electron chi connectivity index (χ3n) is 2.58. The fourth-order valence-corrected chi connectivity index (χ4v) is 1.67. The minimum atomic E-state index is -0.155. The largest absolute Gasteiger partial charge is 0.337 e. The summed E-state index contributed by atoms with van der Waals surface area (Å²) in [5.74, 6) is 1.39. The Morgan fingerprint density at radius 3 is 2.72 bits per heavy atom. The van der Waals surface area contributed by atoms with Gasteiger partial charge in [-0.25, -0.2) is 4.98 Å². The number of nitrogens with zero attached hydrogens (tertiary/aromatic N) is 3. The van der Waals surface area contributed by atoms with Crippen LogP contribution in [-0.4, -0.2) is 19.7 Å². The van der Waals surface area contributed by atoms with E-state index in [-0.39, 0.29) is 11.5 Å². The monoisotopic (exact) mass is 247 g/mol. The number of nitrogens with one attached hydrogen (secondary N) is 2. The highest BCUT2D eigenvalue weighted by Crippen LogP contribution is 2.17. The first-order valence-electron chi connectivity index (χ1n) is 5.84. The zero-order chi connectivity index (χ0) is 13.3. The SMILES string of the molecule is Cc1nn(C)cc1Nc1cc(=O)[nH]c(C(C)C)n1. The third kappa shape index (κ3) is 2.58. The summed E-state index contributed by atoms with van der Waals surface area (Å²) in [4.78, 5) is 18.6. The van der Waals surface area contributed by atoms with E-state index in [9.17, 15) is 4.79 Å². The number of aryl methyl sites for hydroxylation is 2. The van der Waals surface area contributed by atoms with Gasteiger partial charge in [-0.15, -0.1) is 0 Å². The summed E-state index contributed by atoms with van der Waals surface area (Å²) in [5.41, 5.74) is 1.56. The van der Waals surface area contributed by atoms with E-state index in [1.165, 1.54) is 6.07 Å². The van der Waals surface area contributed by atoms with Crippen molar-refractivity contribution in [3.05, 3.63) is 34.1 Å². The highest BCUT2D eigenvalue weighted by molar-refractivity contribution is 5.57. The van der Waals surface area contributed by atoms with E-state index < -0.39 is 0 Å². The van der Waals surface area contributed by atoms with Gasteiger partial charge in [-0.3, -0.25) is 9.48 Å². The molecular formula is C12H17N5O. The maximum Gasteiger partial charge on any atom is 0.252 e. The summed E-state index contributed by atoms with van der Waals surface area (Å²) in [6.07, 6.45) is 1.85. The molecule has 0 unspecified atom stereocenters. The molecule has 0 radical (unpaired) electrons. The summed E-state index contributed by atoms with van der Waals surface area (Å²) >= 11 is 0. The summed E-state index contributed by atoms with van der Waals surface area (Å²) in [6, 6.07) is 1.44. The maximum atomic E-state index is 11.5. The second-order valence-corrected chi connectivity index (χ2v) is 4.60. The lowest BCUT2D eigenvalue weighted by molar-refractivity contribution is 0.756. The quantitative estimate of drug-likeness (QED) is 0.865. The zero-order valence-electron chi connectivity index (χ0n) is 11.0. The van der Waals surface area contributed by atoms with Crippen molar-refractivity contribution in [1.29, 1.82) is 0 Å². The number of hydrogen-bond acceptors (Lipinski definition) is 4. The van der Waals surface area contributed by atoms with Crippen LogP contribution in [0.3, 0.4) is 0 Å². The number of hydrogen-bond donors (Lipinski definition) is 2. The third-order valence-corrected chi connectivity index (χ3v) is 2.58. The molecule has 2 N–H and O–H groups in total. The molecule has 0 bridgehead atoms. The number of aromatic amines is 1. The van der Waals surface area contributed by atoms with E-state index >= 15 is 0 Å². The molecule has 0 amide bonds. The van der Waals surface area contributed by atoms with Crippen LogP contribution in [0.5, 0.6) is 0 Å². The van der Waals surface area contributed by atoms with Crippen LogP contribution >= 0.6 is 0 Å². The maximum absolute atomic E-state index is 11.5. The van der Waals surface area contributed by atoms with Gasteiger partial charge < -0.3 is 10.3 Å². The molecule has 2 aromatic heterocycles. The molecule has 2 aromatic rings. The topological polar surface area (TPSA) is 75.6 Å². The van der Waals surface area contributed by atoms with E-state index in [1.54, 1.807) is 4.68 Å². The Hall–Kier alpha value is -2.11. The van der Waals surface area contributed by atoms with Gasteiger partial charge in [-0.05, 0) is 6.92 Å². The van der Waals surface area contributed by atoms with Crippen LogP contribution in [0, 0.1) is 6.92 Å². The van der Waals surface area contributed by atoms with Gasteiger partial charge in [-0.2, -0.15) is 5.10 Å². The van der Waals surface area contributed by atoms with Gasteiger partial charge in [0.1, 0.15) is 11.6 Å². The van der Waals surface area contributed by atoms with Crippen LogP contribution in [0.25, 0.3) is 0 Å². The van der Waals surface area contributed by atoms with E-state index in [0.717, 1.165) is 11.4 Å². The van der Waals surface area contributed by atoms with E-state index in [2.05, 4.69) is 20.4 Å². The Morgan fingerprint density at radius 1 is 1.44 bits per heavy atom. The van der Waals surface area contributed by atoms with Crippen LogP contribution < -0.4 is 10.9 Å². The van der Waals surface area contributed by atoms with Crippen molar-refractivity contribution in [2.75, 3.05) is 5.32 Å². The van der Waals surface area contributed by atoms with Gasteiger partial charge in [0.15, 0.2) is 0 Å². The van der Waals surface area contributed by atoms with Crippen molar-refractivity contribution in [2.24, 2.45) is 7.05 Å². The van der Waals surface area contributed by atoms with Crippen LogP contribution in [0.15, 0.2) is 17.1 Å². The predicted octanol–water partition coefficient (Wildman–Crippen LogP) is 1.68. The molecule has 0 aromatic carbocycles. The van der Waals surface area contributed by atoms with Crippen LogP contribution in [-0.2, 0) is 7.05 Å². The van der Waals surface area contributed by atoms with Crippen molar-refractivity contribution in [2.45, 2.75) is 26.7 Å². The van der Waals surface area contributed by atoms with Gasteiger partial charge in [0, 0.05) is 25.2 Å². The second kappa shape index (κ2) is 4.64. The Labute approximate surface area is 105 Å². The molecule has 0 spiro atoms. The van der Waals surface area contributed by atoms with E-state index in [4.69, 9.17) is 0 Å². The van der Waals surface area contributed by atoms with E-state index in [0.29, 0.717) is 11.6 Å². The molecule has 6 nitrogen and oxygen atoms in total. The molecule has 0 aliphatic carbocycles. The number of aromatic nitrogens is 4. The minimum Gasteiger partial charge on any atom is -0.337 e. The van der Waals surface area contributed by atoms with Crippen molar-refractivity contribution >= 4 is 11.5 Å². The molecule has 18 heavy (non-hydrogen) atoms. The number of rotatable bonds is 3. The highest BCUT2D eigenvalue weighted by atomic mass is 16.1. The molecule has 0 saturated heterocycles. The summed E-state index contributed by atoms with van der Waals surface area (Å²) in [6.45, 7) is 5.87. The molecule has 2 rings (SSSR count). The molecular weight excluding hydrogens is 230 g/mol. The average Bonchev–Trinajstić information content (AvgIpc) is 2.56. The standard InChI is InChI=1S/C12H17N5O/c1-7(2)12-14-10(5-11(18)15-12)13-9-6-17(4)16-8(9)3/h5-7H,1-4H3,(H2,13,14,15,18). The Morgan fingerprint density at radius 2 is 2.17 bits per heavy atom. The summed E-state index contributed by atoms with van der Waals surface area (Å²) in [5, 5.41) is 7.34. The number of anilines is 2. The lowest BCUT2D eigenvalue weighted by Gasteiger charge is -2.08. The van der Waals surface area contributed by atoms with Gasteiger partial charge >= 0.3 is 0 Å². The smallest absolute Gasteiger partial charge is 0.252 e. The Kier molecular flexibility index (Phi) is 3.18. The summed E-state index contributed by atoms with van der Waals surface area (Å²) < 4.78 is 1.72. The first kappa shape index (κ1) is 12.3. The van der Waals surface area contributed by atoms with Crippen molar-refractivity contribution in [3.8, 4) is 0 Å². The normalized spacial score (nSPS) is 10.9. The predicted molar refractivity (Wildman–Crippen MR) is 70.2 cm³/mol. The van der Waals surface area contributed by atoms with Crippen molar-refractivity contribution in [3.63, 3.8) is 0 Å². The Bertz CT molecular complexity index is 611. The van der Waals surface area contributed by atoms with Gasteiger partial charge in [0.25, 0.3) is 5.56 Å². The minimum absolute atomic E-state index is 0.155. The Balaban J connectivity index is 2.34. The summed E-state index contributed by atoms with van der Waals surface area (Å²) in [7, 11) is 1.85. The molecule has 2 heterocycles. The van der Waals surface area contributed by atoms with Crippen LogP contribution in [0.2, 0.25) is 0 Å². The molecule has 96 valence electrons. The highest BCUT2D eigenvalue weighted by Gasteiger charge is 2.08. The van der Waals surface area contributed by atoms with Crippen molar-refractivity contribution < 1.29 is 0 Å². The molecule has 0 atom stereocenters. The average molecular weight is 247 g/mol. The zero-order valence-corrected chi connectivity index (χ0v) is 11.0. The molecule has 0 saturated carbocycles. The first-order valence-corrected chi connectivity index (χ1v) is 5.84. The fourth-order valence-electron chi connectivity index (χ4n) is 1.67. The lowest BCUT2D eigenvalue weighted by atomic mass is 10.2. The number of H-pyrrole nitrogens is 1. The molecule has 0 aliphatic rings. The molecule has 6 heteroatoms. The van der Waals surface area contributed by atoms with Crippen LogP contribution in [0.4, 0.5) is 11.5 Å². The van der Waals surface area contributed by atoms with Crippen molar-refractivity contribution in [1.82, 2.24) is 19.7 Å². The molecule has 0 fully saturated rings. The van der Waals surface area contributed by atoms with Gasteiger partial charge in [-0.1, -0.05) is 13.8 Å². The fraction of sp³-hybridized carbons (Fsp3) is 0.417. The molecule has 0 aliphatic heterocycles. The lowest BCUT2D eigenvalue weighted by Crippen LogP contribution is -2.13. The second-order valence-electron chi connectivity index (χ2n) is 4.60. The van der Waals surface area contributed by atoms with E-state index in [1.807, 2.05) is 34.0 Å².